The fourth-order valence-electron chi connectivity index (χ4n) is 2.77. The molecule has 106 valence electrons. The monoisotopic (exact) mass is 266 g/mol. The zero-order chi connectivity index (χ0) is 14.0. The van der Waals surface area contributed by atoms with Crippen LogP contribution in [0.2, 0.25) is 0 Å². The quantitative estimate of drug-likeness (QED) is 0.857. The van der Waals surface area contributed by atoms with Crippen molar-refractivity contribution < 1.29 is 14.6 Å². The van der Waals surface area contributed by atoms with Crippen LogP contribution in [0.1, 0.15) is 18.4 Å². The van der Waals surface area contributed by atoms with Crippen molar-refractivity contribution >= 4 is 5.69 Å². The molecule has 5 heteroatoms. The van der Waals surface area contributed by atoms with Crippen LogP contribution in [0.25, 0.3) is 0 Å². The van der Waals surface area contributed by atoms with Gasteiger partial charge >= 0.3 is 0 Å². The van der Waals surface area contributed by atoms with E-state index in [4.69, 9.17) is 15.2 Å². The molecule has 1 atom stereocenters. The topological polar surface area (TPSA) is 68.0 Å². The third-order valence-corrected chi connectivity index (χ3v) is 3.81. The van der Waals surface area contributed by atoms with Gasteiger partial charge in [0.25, 0.3) is 0 Å². The second-order valence-electron chi connectivity index (χ2n) is 4.95. The molecule has 0 spiro atoms. The molecule has 0 amide bonds. The molecule has 0 aromatic heterocycles. The SMILES string of the molecule is COc1ccc(OC)c2c1N(C)CCCC2(O)CN. The van der Waals surface area contributed by atoms with Gasteiger partial charge < -0.3 is 25.2 Å². The summed E-state index contributed by atoms with van der Waals surface area (Å²) in [4.78, 5) is 2.09. The van der Waals surface area contributed by atoms with Crippen molar-refractivity contribution in [3.8, 4) is 11.5 Å². The summed E-state index contributed by atoms with van der Waals surface area (Å²) in [6.07, 6.45) is 1.48. The smallest absolute Gasteiger partial charge is 0.142 e. The highest BCUT2D eigenvalue weighted by atomic mass is 16.5. The molecule has 1 aliphatic heterocycles. The van der Waals surface area contributed by atoms with Crippen molar-refractivity contribution in [3.05, 3.63) is 17.7 Å². The van der Waals surface area contributed by atoms with E-state index in [1.165, 1.54) is 0 Å². The molecular weight excluding hydrogens is 244 g/mol. The highest BCUT2D eigenvalue weighted by Crippen LogP contribution is 2.46. The number of fused-ring (bicyclic) bond motifs is 1. The molecule has 1 heterocycles. The van der Waals surface area contributed by atoms with Crippen molar-refractivity contribution in [2.75, 3.05) is 39.3 Å². The summed E-state index contributed by atoms with van der Waals surface area (Å²) in [6, 6.07) is 3.67. The lowest BCUT2D eigenvalue weighted by Gasteiger charge is -2.30. The Morgan fingerprint density at radius 3 is 2.53 bits per heavy atom. The predicted octanol–water partition coefficient (Wildman–Crippen LogP) is 1.08. The Kier molecular flexibility index (Phi) is 3.87. The number of anilines is 1. The maximum Gasteiger partial charge on any atom is 0.142 e. The largest absolute Gasteiger partial charge is 0.496 e. The summed E-state index contributed by atoms with van der Waals surface area (Å²) < 4.78 is 10.8. The molecule has 2 rings (SSSR count). The first-order valence-corrected chi connectivity index (χ1v) is 6.46. The fraction of sp³-hybridized carbons (Fsp3) is 0.571. The van der Waals surface area contributed by atoms with E-state index in [-0.39, 0.29) is 6.54 Å². The maximum absolute atomic E-state index is 10.9. The van der Waals surface area contributed by atoms with Gasteiger partial charge in [0.1, 0.15) is 17.1 Å². The second kappa shape index (κ2) is 5.27. The first-order chi connectivity index (χ1) is 9.07. The minimum Gasteiger partial charge on any atom is -0.496 e. The average Bonchev–Trinajstić information content (AvgIpc) is 2.57. The van der Waals surface area contributed by atoms with E-state index in [0.29, 0.717) is 12.2 Å². The molecular formula is C14H22N2O3. The van der Waals surface area contributed by atoms with Crippen LogP contribution in [-0.2, 0) is 5.60 Å². The lowest BCUT2D eigenvalue weighted by molar-refractivity contribution is 0.0354. The van der Waals surface area contributed by atoms with Crippen LogP contribution in [0, 0.1) is 0 Å². The molecule has 0 bridgehead atoms. The van der Waals surface area contributed by atoms with Crippen LogP contribution in [0.5, 0.6) is 11.5 Å². The summed E-state index contributed by atoms with van der Waals surface area (Å²) in [6.45, 7) is 1.01. The van der Waals surface area contributed by atoms with Crippen molar-refractivity contribution in [2.24, 2.45) is 5.73 Å². The minimum atomic E-state index is -1.07. The Morgan fingerprint density at radius 1 is 1.32 bits per heavy atom. The molecule has 1 aliphatic rings. The lowest BCUT2D eigenvalue weighted by atomic mass is 9.88. The van der Waals surface area contributed by atoms with Crippen LogP contribution in [0.3, 0.4) is 0 Å². The van der Waals surface area contributed by atoms with Gasteiger partial charge in [-0.15, -0.1) is 0 Å². The maximum atomic E-state index is 10.9. The van der Waals surface area contributed by atoms with Gasteiger partial charge in [0.2, 0.25) is 0 Å². The second-order valence-corrected chi connectivity index (χ2v) is 4.95. The molecule has 0 aliphatic carbocycles. The highest BCUT2D eigenvalue weighted by molar-refractivity contribution is 5.70. The number of benzene rings is 1. The fourth-order valence-corrected chi connectivity index (χ4v) is 2.77. The van der Waals surface area contributed by atoms with Crippen LogP contribution in [0.4, 0.5) is 5.69 Å². The van der Waals surface area contributed by atoms with E-state index in [2.05, 4.69) is 4.90 Å². The predicted molar refractivity (Wildman–Crippen MR) is 75.0 cm³/mol. The van der Waals surface area contributed by atoms with Gasteiger partial charge in [-0.2, -0.15) is 0 Å². The number of nitrogens with two attached hydrogens (primary N) is 1. The third kappa shape index (κ3) is 2.24. The van der Waals surface area contributed by atoms with E-state index >= 15 is 0 Å². The zero-order valence-electron chi connectivity index (χ0n) is 11.8. The van der Waals surface area contributed by atoms with E-state index in [1.54, 1.807) is 14.2 Å². The first kappa shape index (κ1) is 14.0. The minimum absolute atomic E-state index is 0.164. The standard InChI is InChI=1S/C14H22N2O3/c1-16-8-4-7-14(17,9-15)12-10(18-2)5-6-11(19-3)13(12)16/h5-6,17H,4,7-9,15H2,1-3H3. The average molecular weight is 266 g/mol. The lowest BCUT2D eigenvalue weighted by Crippen LogP contribution is -2.35. The van der Waals surface area contributed by atoms with Gasteiger partial charge in [-0.05, 0) is 25.0 Å². The number of ether oxygens (including phenoxy) is 2. The molecule has 5 nitrogen and oxygen atoms in total. The highest BCUT2D eigenvalue weighted by Gasteiger charge is 2.38. The summed E-state index contributed by atoms with van der Waals surface area (Å²) in [5.41, 5.74) is 6.35. The third-order valence-electron chi connectivity index (χ3n) is 3.81. The van der Waals surface area contributed by atoms with Crippen molar-refractivity contribution in [3.63, 3.8) is 0 Å². The number of hydrogen-bond acceptors (Lipinski definition) is 5. The Bertz CT molecular complexity index is 464. The van der Waals surface area contributed by atoms with Gasteiger partial charge in [-0.3, -0.25) is 0 Å². The Morgan fingerprint density at radius 2 is 1.95 bits per heavy atom. The van der Waals surface area contributed by atoms with Crippen molar-refractivity contribution in [2.45, 2.75) is 18.4 Å². The molecule has 1 aromatic rings. The number of hydrogen-bond donors (Lipinski definition) is 2. The van der Waals surface area contributed by atoms with Crippen LogP contribution >= 0.6 is 0 Å². The van der Waals surface area contributed by atoms with Crippen LogP contribution in [0.15, 0.2) is 12.1 Å². The Labute approximate surface area is 113 Å². The summed E-state index contributed by atoms with van der Waals surface area (Å²) in [5.74, 6) is 1.38. The van der Waals surface area contributed by atoms with Gasteiger partial charge in [-0.25, -0.2) is 0 Å². The van der Waals surface area contributed by atoms with Crippen LogP contribution < -0.4 is 20.1 Å². The van der Waals surface area contributed by atoms with Gasteiger partial charge in [-0.1, -0.05) is 0 Å². The number of methoxy groups -OCH3 is 2. The van der Waals surface area contributed by atoms with E-state index in [1.807, 2.05) is 19.2 Å². The van der Waals surface area contributed by atoms with E-state index < -0.39 is 5.60 Å². The molecule has 0 saturated heterocycles. The van der Waals surface area contributed by atoms with Crippen LogP contribution in [-0.4, -0.2) is 39.5 Å². The molecule has 0 fully saturated rings. The van der Waals surface area contributed by atoms with Gasteiger partial charge in [0.15, 0.2) is 0 Å². The van der Waals surface area contributed by atoms with Crippen molar-refractivity contribution in [1.82, 2.24) is 0 Å². The van der Waals surface area contributed by atoms with Crippen molar-refractivity contribution in [1.29, 1.82) is 0 Å². The number of aliphatic hydroxyl groups is 1. The Hall–Kier alpha value is -1.46. The first-order valence-electron chi connectivity index (χ1n) is 6.46. The van der Waals surface area contributed by atoms with E-state index in [9.17, 15) is 5.11 Å². The summed E-state index contributed by atoms with van der Waals surface area (Å²) in [5, 5.41) is 10.9. The molecule has 19 heavy (non-hydrogen) atoms. The summed E-state index contributed by atoms with van der Waals surface area (Å²) in [7, 11) is 5.22. The number of rotatable bonds is 3. The summed E-state index contributed by atoms with van der Waals surface area (Å²) >= 11 is 0. The zero-order valence-corrected chi connectivity index (χ0v) is 11.8. The van der Waals surface area contributed by atoms with Gasteiger partial charge in [0, 0.05) is 20.1 Å². The molecule has 0 saturated carbocycles. The number of nitrogens with zero attached hydrogens (tertiary/aromatic N) is 1. The van der Waals surface area contributed by atoms with E-state index in [0.717, 1.165) is 30.0 Å². The molecule has 0 radical (unpaired) electrons. The molecule has 3 N–H and O–H groups in total. The molecule has 1 aromatic carbocycles. The van der Waals surface area contributed by atoms with Gasteiger partial charge in [0.05, 0.1) is 25.5 Å². The normalized spacial score (nSPS) is 22.7. The molecule has 1 unspecified atom stereocenters. The Balaban J connectivity index is 2.73.